The molecule has 38 heavy (non-hydrogen) atoms. The first kappa shape index (κ1) is 24.3. The van der Waals surface area contributed by atoms with Crippen molar-refractivity contribution in [1.29, 1.82) is 0 Å². The van der Waals surface area contributed by atoms with Gasteiger partial charge in [-0.15, -0.1) is 0 Å². The van der Waals surface area contributed by atoms with Crippen LogP contribution in [0.2, 0.25) is 0 Å². The zero-order valence-corrected chi connectivity index (χ0v) is 21.1. The van der Waals surface area contributed by atoms with Gasteiger partial charge in [0.15, 0.2) is 0 Å². The van der Waals surface area contributed by atoms with E-state index in [2.05, 4.69) is 10.2 Å². The lowest BCUT2D eigenvalue weighted by Crippen LogP contribution is -2.41. The number of piperidine rings is 1. The van der Waals surface area contributed by atoms with E-state index in [0.717, 1.165) is 50.5 Å². The molecule has 4 aromatic rings. The molecule has 2 aromatic carbocycles. The summed E-state index contributed by atoms with van der Waals surface area (Å²) in [5.74, 6) is -0.621. The summed E-state index contributed by atoms with van der Waals surface area (Å²) in [6.45, 7) is 1.86. The standard InChI is InChI=1S/C28H27BFN5O3/c1-32-24(36)16-23(31-22-11-8-17(29)14-21(22)30)25-26(32)34(28(38)35(27(25)37)18-9-10-18)20-7-5-6-19(15-20)33-12-3-2-4-13-33/h5-8,11,14-16,18,31H,2-4,9-10,12-13H2,1H3. The Kier molecular flexibility index (Phi) is 5.97. The Labute approximate surface area is 219 Å². The summed E-state index contributed by atoms with van der Waals surface area (Å²) >= 11 is 0. The van der Waals surface area contributed by atoms with Crippen LogP contribution in [0.3, 0.4) is 0 Å². The average molecular weight is 511 g/mol. The number of fused-ring (bicyclic) bond motifs is 1. The molecular weight excluding hydrogens is 484 g/mol. The molecule has 3 heterocycles. The largest absolute Gasteiger partial charge is 0.371 e. The van der Waals surface area contributed by atoms with E-state index in [-0.39, 0.29) is 33.9 Å². The van der Waals surface area contributed by atoms with Crippen LogP contribution in [-0.2, 0) is 7.05 Å². The van der Waals surface area contributed by atoms with Gasteiger partial charge in [0.1, 0.15) is 24.7 Å². The number of rotatable bonds is 5. The highest BCUT2D eigenvalue weighted by atomic mass is 19.1. The number of nitrogens with one attached hydrogen (secondary N) is 1. The van der Waals surface area contributed by atoms with Crippen LogP contribution in [0, 0.1) is 5.82 Å². The third kappa shape index (κ3) is 4.14. The molecule has 1 aliphatic carbocycles. The van der Waals surface area contributed by atoms with Crippen LogP contribution in [-0.4, -0.2) is 34.6 Å². The number of hydrogen-bond donors (Lipinski definition) is 1. The first-order valence-corrected chi connectivity index (χ1v) is 12.9. The summed E-state index contributed by atoms with van der Waals surface area (Å²) in [5.41, 5.74) is 0.691. The number of aryl methyl sites for hydroxylation is 1. The number of pyridine rings is 1. The maximum atomic E-state index is 14.7. The molecule has 2 aliphatic rings. The fraction of sp³-hybridized carbons (Fsp3) is 0.321. The van der Waals surface area contributed by atoms with Gasteiger partial charge < -0.3 is 10.2 Å². The smallest absolute Gasteiger partial charge is 0.337 e. The Morgan fingerprint density at radius 2 is 1.66 bits per heavy atom. The molecule has 10 heteroatoms. The topological polar surface area (TPSA) is 81.3 Å². The minimum Gasteiger partial charge on any atom is -0.371 e. The Hall–Kier alpha value is -4.08. The van der Waals surface area contributed by atoms with Crippen molar-refractivity contribution in [2.24, 2.45) is 7.05 Å². The summed E-state index contributed by atoms with van der Waals surface area (Å²) < 4.78 is 18.7. The van der Waals surface area contributed by atoms with Crippen molar-refractivity contribution in [3.8, 4) is 5.69 Å². The van der Waals surface area contributed by atoms with Crippen LogP contribution in [0.1, 0.15) is 38.1 Å². The van der Waals surface area contributed by atoms with Gasteiger partial charge in [0.2, 0.25) is 0 Å². The molecule has 1 saturated heterocycles. The highest BCUT2D eigenvalue weighted by Gasteiger charge is 2.31. The van der Waals surface area contributed by atoms with Crippen molar-refractivity contribution >= 4 is 41.4 Å². The Bertz CT molecular complexity index is 1750. The van der Waals surface area contributed by atoms with Crippen LogP contribution < -0.4 is 32.5 Å². The summed E-state index contributed by atoms with van der Waals surface area (Å²) in [5, 5.41) is 3.06. The summed E-state index contributed by atoms with van der Waals surface area (Å²) in [4.78, 5) is 43.1. The lowest BCUT2D eigenvalue weighted by molar-refractivity contribution is 0.577. The molecule has 0 amide bonds. The van der Waals surface area contributed by atoms with Crippen LogP contribution in [0.5, 0.6) is 0 Å². The van der Waals surface area contributed by atoms with Crippen LogP contribution in [0.25, 0.3) is 16.7 Å². The lowest BCUT2D eigenvalue weighted by Gasteiger charge is -2.29. The van der Waals surface area contributed by atoms with E-state index in [1.807, 2.05) is 18.2 Å². The average Bonchev–Trinajstić information content (AvgIpc) is 3.74. The second-order valence-corrected chi connectivity index (χ2v) is 10.1. The molecule has 1 saturated carbocycles. The SMILES string of the molecule is [B]c1ccc(Nc2cc(=O)n(C)c3c2c(=O)n(C2CC2)c(=O)n3-c2cccc(N3CCCCC3)c2)c(F)c1. The van der Waals surface area contributed by atoms with Gasteiger partial charge >= 0.3 is 5.69 Å². The molecule has 2 radical (unpaired) electrons. The number of aromatic nitrogens is 3. The third-order valence-corrected chi connectivity index (χ3v) is 7.43. The molecule has 2 fully saturated rings. The molecule has 0 atom stereocenters. The van der Waals surface area contributed by atoms with Crippen molar-refractivity contribution in [2.75, 3.05) is 23.3 Å². The highest BCUT2D eigenvalue weighted by molar-refractivity contribution is 6.32. The first-order valence-electron chi connectivity index (χ1n) is 12.9. The fourth-order valence-electron chi connectivity index (χ4n) is 5.31. The Morgan fingerprint density at radius 1 is 0.921 bits per heavy atom. The van der Waals surface area contributed by atoms with Crippen LogP contribution in [0.4, 0.5) is 21.5 Å². The summed E-state index contributed by atoms with van der Waals surface area (Å²) in [6.07, 6.45) is 4.83. The van der Waals surface area contributed by atoms with E-state index in [4.69, 9.17) is 7.85 Å². The molecule has 0 bridgehead atoms. The maximum Gasteiger partial charge on any atom is 0.337 e. The minimum atomic E-state index is -0.621. The van der Waals surface area contributed by atoms with E-state index in [9.17, 15) is 18.8 Å². The van der Waals surface area contributed by atoms with Gasteiger partial charge in [-0.3, -0.25) is 18.7 Å². The van der Waals surface area contributed by atoms with E-state index in [0.29, 0.717) is 5.69 Å². The third-order valence-electron chi connectivity index (χ3n) is 7.43. The van der Waals surface area contributed by atoms with Gasteiger partial charge in [-0.25, -0.2) is 13.8 Å². The maximum absolute atomic E-state index is 14.7. The number of anilines is 3. The molecule has 8 nitrogen and oxygen atoms in total. The first-order chi connectivity index (χ1) is 18.3. The van der Waals surface area contributed by atoms with Gasteiger partial charge in [-0.1, -0.05) is 17.6 Å². The van der Waals surface area contributed by atoms with Gasteiger partial charge in [0, 0.05) is 37.9 Å². The Morgan fingerprint density at radius 3 is 2.37 bits per heavy atom. The normalized spacial score (nSPS) is 15.7. The predicted molar refractivity (Wildman–Crippen MR) is 148 cm³/mol. The number of halogens is 1. The van der Waals surface area contributed by atoms with E-state index in [1.54, 1.807) is 6.07 Å². The molecule has 1 aliphatic heterocycles. The quantitative estimate of drug-likeness (QED) is 0.417. The van der Waals surface area contributed by atoms with Crippen molar-refractivity contribution in [2.45, 2.75) is 38.1 Å². The molecule has 192 valence electrons. The van der Waals surface area contributed by atoms with Gasteiger partial charge in [-0.05, 0) is 62.4 Å². The van der Waals surface area contributed by atoms with Crippen molar-refractivity contribution in [3.63, 3.8) is 0 Å². The van der Waals surface area contributed by atoms with Crippen molar-refractivity contribution < 1.29 is 4.39 Å². The van der Waals surface area contributed by atoms with Crippen molar-refractivity contribution in [1.82, 2.24) is 13.7 Å². The molecular formula is C28H27BFN5O3. The number of hydrogen-bond acceptors (Lipinski definition) is 5. The molecule has 0 unspecified atom stereocenters. The van der Waals surface area contributed by atoms with Crippen LogP contribution >= 0.6 is 0 Å². The predicted octanol–water partition coefficient (Wildman–Crippen LogP) is 2.85. The van der Waals surface area contributed by atoms with Gasteiger partial charge in [0.25, 0.3) is 11.1 Å². The van der Waals surface area contributed by atoms with Gasteiger partial charge in [0.05, 0.1) is 17.1 Å². The highest BCUT2D eigenvalue weighted by Crippen LogP contribution is 2.34. The zero-order valence-electron chi connectivity index (χ0n) is 21.1. The monoisotopic (exact) mass is 511 g/mol. The van der Waals surface area contributed by atoms with E-state index >= 15 is 0 Å². The summed E-state index contributed by atoms with van der Waals surface area (Å²) in [6, 6.07) is 12.8. The summed E-state index contributed by atoms with van der Waals surface area (Å²) in [7, 11) is 7.22. The zero-order chi connectivity index (χ0) is 26.6. The van der Waals surface area contributed by atoms with Crippen LogP contribution in [0.15, 0.2) is 62.9 Å². The molecule has 1 N–H and O–H groups in total. The minimum absolute atomic E-state index is 0.0657. The van der Waals surface area contributed by atoms with Crippen molar-refractivity contribution in [3.05, 3.63) is 85.5 Å². The second kappa shape index (κ2) is 9.34. The molecule has 2 aromatic heterocycles. The van der Waals surface area contributed by atoms with E-state index < -0.39 is 22.6 Å². The van der Waals surface area contributed by atoms with Gasteiger partial charge in [-0.2, -0.15) is 0 Å². The fourth-order valence-corrected chi connectivity index (χ4v) is 5.31. The Balaban J connectivity index is 1.64. The second-order valence-electron chi connectivity index (χ2n) is 10.1. The lowest BCUT2D eigenvalue weighted by atomic mass is 9.96. The molecule has 6 rings (SSSR count). The number of benzene rings is 2. The van der Waals surface area contributed by atoms with E-state index in [1.165, 1.54) is 45.4 Å². The molecule has 0 spiro atoms. The number of nitrogens with zero attached hydrogens (tertiary/aromatic N) is 4.